The van der Waals surface area contributed by atoms with Gasteiger partial charge in [0.1, 0.15) is 6.33 Å². The Bertz CT molecular complexity index is 766. The van der Waals surface area contributed by atoms with Crippen molar-refractivity contribution >= 4 is 11.6 Å². The van der Waals surface area contributed by atoms with Crippen molar-refractivity contribution in [3.63, 3.8) is 0 Å². The molecule has 0 saturated carbocycles. The predicted octanol–water partition coefficient (Wildman–Crippen LogP) is 4.03. The Morgan fingerprint density at radius 1 is 0.955 bits per heavy atom. The number of hydrogen-bond donors (Lipinski definition) is 1. The summed E-state index contributed by atoms with van der Waals surface area (Å²) in [6, 6.07) is 14.2. The first kappa shape index (κ1) is 14.1. The van der Waals surface area contributed by atoms with E-state index in [9.17, 15) is 13.2 Å². The molecule has 0 unspecified atom stereocenters. The Morgan fingerprint density at radius 3 is 2.45 bits per heavy atom. The molecule has 0 aliphatic rings. The fraction of sp³-hybridized carbons (Fsp3) is 0.0667. The number of benzene rings is 2. The van der Waals surface area contributed by atoms with Gasteiger partial charge in [-0.2, -0.15) is 18.2 Å². The van der Waals surface area contributed by atoms with E-state index < -0.39 is 11.7 Å². The molecule has 7 heteroatoms. The van der Waals surface area contributed by atoms with Crippen LogP contribution in [0.4, 0.5) is 24.8 Å². The lowest BCUT2D eigenvalue weighted by Crippen LogP contribution is -2.06. The maximum Gasteiger partial charge on any atom is 0.416 e. The molecular formula is C15H11F3N4. The summed E-state index contributed by atoms with van der Waals surface area (Å²) < 4.78 is 39.4. The fourth-order valence-electron chi connectivity index (χ4n) is 1.92. The van der Waals surface area contributed by atoms with Crippen molar-refractivity contribution in [3.05, 3.63) is 66.5 Å². The molecule has 0 fully saturated rings. The Hall–Kier alpha value is -2.83. The lowest BCUT2D eigenvalue weighted by Gasteiger charge is -2.08. The van der Waals surface area contributed by atoms with Gasteiger partial charge in [-0.05, 0) is 30.3 Å². The van der Waals surface area contributed by atoms with E-state index in [0.717, 1.165) is 17.8 Å². The summed E-state index contributed by atoms with van der Waals surface area (Å²) in [4.78, 5) is 4.04. The summed E-state index contributed by atoms with van der Waals surface area (Å²) in [6.45, 7) is 0. The van der Waals surface area contributed by atoms with Crippen molar-refractivity contribution < 1.29 is 13.2 Å². The Balaban J connectivity index is 1.85. The van der Waals surface area contributed by atoms with Crippen molar-refractivity contribution in [3.8, 4) is 5.69 Å². The number of anilines is 2. The van der Waals surface area contributed by atoms with Gasteiger partial charge in [-0.25, -0.2) is 4.68 Å². The van der Waals surface area contributed by atoms with E-state index in [0.29, 0.717) is 11.6 Å². The van der Waals surface area contributed by atoms with Crippen LogP contribution in [0.3, 0.4) is 0 Å². The number of para-hydroxylation sites is 1. The molecule has 1 aromatic heterocycles. The van der Waals surface area contributed by atoms with Gasteiger partial charge >= 0.3 is 6.18 Å². The third-order valence-corrected chi connectivity index (χ3v) is 2.96. The topological polar surface area (TPSA) is 42.7 Å². The molecule has 2 aromatic carbocycles. The monoisotopic (exact) mass is 304 g/mol. The van der Waals surface area contributed by atoms with Crippen molar-refractivity contribution in [2.45, 2.75) is 6.18 Å². The summed E-state index contributed by atoms with van der Waals surface area (Å²) in [5.74, 6) is 0.309. The molecule has 1 heterocycles. The second-order valence-electron chi connectivity index (χ2n) is 4.55. The first-order chi connectivity index (χ1) is 10.5. The molecule has 0 aliphatic carbocycles. The molecule has 0 atom stereocenters. The molecule has 3 aromatic rings. The van der Waals surface area contributed by atoms with Crippen LogP contribution in [0.5, 0.6) is 0 Å². The third kappa shape index (κ3) is 3.08. The minimum atomic E-state index is -4.39. The van der Waals surface area contributed by atoms with E-state index in [4.69, 9.17) is 0 Å². The van der Waals surface area contributed by atoms with Crippen LogP contribution in [0.1, 0.15) is 5.56 Å². The maximum atomic E-state index is 12.7. The average Bonchev–Trinajstić information content (AvgIpc) is 2.96. The first-order valence-electron chi connectivity index (χ1n) is 6.44. The molecule has 0 amide bonds. The number of nitrogens with zero attached hydrogens (tertiary/aromatic N) is 3. The van der Waals surface area contributed by atoms with Gasteiger partial charge < -0.3 is 5.32 Å². The van der Waals surface area contributed by atoms with Crippen molar-refractivity contribution in [2.24, 2.45) is 0 Å². The van der Waals surface area contributed by atoms with Gasteiger partial charge in [-0.15, -0.1) is 5.10 Å². The van der Waals surface area contributed by atoms with Crippen LogP contribution in [0.25, 0.3) is 5.69 Å². The second-order valence-corrected chi connectivity index (χ2v) is 4.55. The molecule has 0 spiro atoms. The van der Waals surface area contributed by atoms with Crippen LogP contribution >= 0.6 is 0 Å². The molecule has 112 valence electrons. The van der Waals surface area contributed by atoms with E-state index in [2.05, 4.69) is 15.4 Å². The number of nitrogens with one attached hydrogen (secondary N) is 1. The van der Waals surface area contributed by atoms with Gasteiger partial charge in [0.2, 0.25) is 5.95 Å². The van der Waals surface area contributed by atoms with E-state index in [-0.39, 0.29) is 0 Å². The van der Waals surface area contributed by atoms with Crippen molar-refractivity contribution in [2.75, 3.05) is 5.32 Å². The molecule has 3 rings (SSSR count). The van der Waals surface area contributed by atoms with Crippen molar-refractivity contribution in [1.29, 1.82) is 0 Å². The smallest absolute Gasteiger partial charge is 0.323 e. The van der Waals surface area contributed by atoms with Crippen LogP contribution in [-0.4, -0.2) is 14.8 Å². The summed E-state index contributed by atoms with van der Waals surface area (Å²) in [6.07, 6.45) is -3.03. The minimum absolute atomic E-state index is 0.295. The number of hydrogen-bond acceptors (Lipinski definition) is 3. The molecule has 4 nitrogen and oxygen atoms in total. The van der Waals surface area contributed by atoms with Crippen molar-refractivity contribution in [1.82, 2.24) is 14.8 Å². The van der Waals surface area contributed by atoms with Gasteiger partial charge in [-0.3, -0.25) is 0 Å². The van der Waals surface area contributed by atoms with Gasteiger partial charge in [0.05, 0.1) is 11.3 Å². The molecule has 0 radical (unpaired) electrons. The van der Waals surface area contributed by atoms with Crippen LogP contribution in [0.2, 0.25) is 0 Å². The highest BCUT2D eigenvalue weighted by molar-refractivity contribution is 5.52. The quantitative estimate of drug-likeness (QED) is 0.794. The molecular weight excluding hydrogens is 293 g/mol. The van der Waals surface area contributed by atoms with Crippen LogP contribution in [0, 0.1) is 0 Å². The molecule has 1 N–H and O–H groups in total. The number of halogens is 3. The van der Waals surface area contributed by atoms with Gasteiger partial charge in [-0.1, -0.05) is 24.3 Å². The maximum absolute atomic E-state index is 12.7. The Kier molecular flexibility index (Phi) is 3.54. The Morgan fingerprint density at radius 2 is 1.73 bits per heavy atom. The van der Waals surface area contributed by atoms with E-state index >= 15 is 0 Å². The standard InChI is InChI=1S/C15H11F3N4/c16-15(17,18)11-5-4-8-13(9-11)22-10-19-14(21-22)20-12-6-2-1-3-7-12/h1-10H,(H,20,21). The average molecular weight is 304 g/mol. The van der Waals surface area contributed by atoms with E-state index in [1.807, 2.05) is 30.3 Å². The van der Waals surface area contributed by atoms with Crippen LogP contribution in [-0.2, 0) is 6.18 Å². The zero-order valence-electron chi connectivity index (χ0n) is 11.2. The summed E-state index contributed by atoms with van der Waals surface area (Å²) in [5.41, 5.74) is 0.366. The first-order valence-corrected chi connectivity index (χ1v) is 6.44. The zero-order valence-corrected chi connectivity index (χ0v) is 11.2. The van der Waals surface area contributed by atoms with E-state index in [1.165, 1.54) is 23.1 Å². The highest BCUT2D eigenvalue weighted by Crippen LogP contribution is 2.30. The molecule has 0 aliphatic heterocycles. The number of rotatable bonds is 3. The van der Waals surface area contributed by atoms with Crippen LogP contribution in [0.15, 0.2) is 60.9 Å². The summed E-state index contributed by atoms with van der Waals surface area (Å²) >= 11 is 0. The van der Waals surface area contributed by atoms with Gasteiger partial charge in [0.15, 0.2) is 0 Å². The second kappa shape index (κ2) is 5.51. The Labute approximate surface area is 124 Å². The number of aromatic nitrogens is 3. The minimum Gasteiger partial charge on any atom is -0.323 e. The highest BCUT2D eigenvalue weighted by Gasteiger charge is 2.30. The summed E-state index contributed by atoms with van der Waals surface area (Å²) in [7, 11) is 0. The van der Waals surface area contributed by atoms with Gasteiger partial charge in [0, 0.05) is 5.69 Å². The van der Waals surface area contributed by atoms with E-state index in [1.54, 1.807) is 0 Å². The van der Waals surface area contributed by atoms with Crippen LogP contribution < -0.4 is 5.32 Å². The fourth-order valence-corrected chi connectivity index (χ4v) is 1.92. The SMILES string of the molecule is FC(F)(F)c1cccc(-n2cnc(Nc3ccccc3)n2)c1. The normalized spacial score (nSPS) is 11.4. The molecule has 22 heavy (non-hydrogen) atoms. The van der Waals surface area contributed by atoms with Gasteiger partial charge in [0.25, 0.3) is 0 Å². The number of alkyl halides is 3. The highest BCUT2D eigenvalue weighted by atomic mass is 19.4. The molecule has 0 bridgehead atoms. The molecule has 0 saturated heterocycles. The largest absolute Gasteiger partial charge is 0.416 e. The zero-order chi connectivity index (χ0) is 15.6. The lowest BCUT2D eigenvalue weighted by molar-refractivity contribution is -0.137. The third-order valence-electron chi connectivity index (χ3n) is 2.96. The summed E-state index contributed by atoms with van der Waals surface area (Å²) in [5, 5.41) is 7.10. The lowest BCUT2D eigenvalue weighted by atomic mass is 10.2. The predicted molar refractivity (Wildman–Crippen MR) is 76.1 cm³/mol.